The second-order valence-corrected chi connectivity index (χ2v) is 4.32. The van der Waals surface area contributed by atoms with Crippen molar-refractivity contribution in [3.8, 4) is 16.9 Å². The van der Waals surface area contributed by atoms with E-state index < -0.39 is 0 Å². The highest BCUT2D eigenvalue weighted by Gasteiger charge is 2.07. The summed E-state index contributed by atoms with van der Waals surface area (Å²) in [5, 5.41) is 4.27. The van der Waals surface area contributed by atoms with Crippen LogP contribution in [0.25, 0.3) is 16.6 Å². The topological polar surface area (TPSA) is 26.5 Å². The van der Waals surface area contributed by atoms with E-state index in [0.29, 0.717) is 0 Å². The van der Waals surface area contributed by atoms with Gasteiger partial charge in [0.2, 0.25) is 0 Å². The Bertz CT molecular complexity index is 689. The van der Waals surface area contributed by atoms with Crippen molar-refractivity contribution in [2.24, 2.45) is 0 Å². The van der Waals surface area contributed by atoms with E-state index in [1.807, 2.05) is 22.8 Å². The van der Waals surface area contributed by atoms with Crippen molar-refractivity contribution in [1.29, 1.82) is 0 Å². The molecule has 3 nitrogen and oxygen atoms in total. The number of fused-ring (bicyclic) bond motifs is 1. The molecular weight excluding hydrogens is 223 g/mol. The van der Waals surface area contributed by atoms with Crippen LogP contribution in [-0.4, -0.2) is 17.7 Å². The molecule has 0 fully saturated rings. The average molecular weight is 236 g/mol. The Kier molecular flexibility index (Phi) is 2.56. The molecule has 0 amide bonds. The second-order valence-electron chi connectivity index (χ2n) is 4.32. The first kappa shape index (κ1) is 10.9. The first-order valence-electron chi connectivity index (χ1n) is 5.86. The summed E-state index contributed by atoms with van der Waals surface area (Å²) in [6, 6.07) is 12.5. The van der Waals surface area contributed by atoms with Gasteiger partial charge in [-0.3, -0.25) is 0 Å². The highest BCUT2D eigenvalue weighted by atomic mass is 16.4. The van der Waals surface area contributed by atoms with E-state index in [1.165, 1.54) is 11.1 Å². The van der Waals surface area contributed by atoms with E-state index >= 15 is 0 Å². The molecule has 0 unspecified atom stereocenters. The van der Waals surface area contributed by atoms with Crippen molar-refractivity contribution in [2.45, 2.75) is 6.92 Å². The predicted octanol–water partition coefficient (Wildman–Crippen LogP) is 2.24. The smallest absolute Gasteiger partial charge is 0.322 e. The lowest BCUT2D eigenvalue weighted by atomic mass is 10.0. The van der Waals surface area contributed by atoms with Crippen molar-refractivity contribution in [2.75, 3.05) is 0 Å². The molecule has 0 aliphatic rings. The Morgan fingerprint density at radius 1 is 1.17 bits per heavy atom. The van der Waals surface area contributed by atoms with Gasteiger partial charge in [-0.1, -0.05) is 29.8 Å². The molecule has 0 spiro atoms. The van der Waals surface area contributed by atoms with E-state index in [-0.39, 0.29) is 0 Å². The van der Waals surface area contributed by atoms with Crippen molar-refractivity contribution in [3.05, 3.63) is 54.4 Å². The number of aromatic nitrogens is 2. The summed E-state index contributed by atoms with van der Waals surface area (Å²) in [6.45, 7) is 2.09. The lowest BCUT2D eigenvalue weighted by Crippen LogP contribution is -1.94. The van der Waals surface area contributed by atoms with Gasteiger partial charge in [0.25, 0.3) is 0 Å². The van der Waals surface area contributed by atoms with Crippen LogP contribution >= 0.6 is 0 Å². The Balaban J connectivity index is 2.26. The molecule has 1 aromatic carbocycles. The SMILES string of the molecule is BOc1cc(-c2ccc(C)cc2)c2ccnn2c1. The second kappa shape index (κ2) is 4.22. The van der Waals surface area contributed by atoms with Crippen LogP contribution in [0.2, 0.25) is 0 Å². The summed E-state index contributed by atoms with van der Waals surface area (Å²) < 4.78 is 7.16. The third-order valence-corrected chi connectivity index (χ3v) is 3.08. The number of pyridine rings is 1. The maximum absolute atomic E-state index is 5.32. The summed E-state index contributed by atoms with van der Waals surface area (Å²) in [6.07, 6.45) is 3.68. The van der Waals surface area contributed by atoms with Crippen molar-refractivity contribution < 1.29 is 4.65 Å². The molecule has 2 aromatic heterocycles. The lowest BCUT2D eigenvalue weighted by molar-refractivity contribution is 0.608. The fourth-order valence-electron chi connectivity index (χ4n) is 2.08. The molecule has 0 saturated carbocycles. The third kappa shape index (κ3) is 1.76. The first-order valence-corrected chi connectivity index (χ1v) is 5.86. The fourth-order valence-corrected chi connectivity index (χ4v) is 2.08. The van der Waals surface area contributed by atoms with Gasteiger partial charge in [-0.05, 0) is 24.6 Å². The lowest BCUT2D eigenvalue weighted by Gasteiger charge is -2.08. The summed E-state index contributed by atoms with van der Waals surface area (Å²) >= 11 is 0. The minimum Gasteiger partial charge on any atom is -0.567 e. The number of nitrogens with zero attached hydrogens (tertiary/aromatic N) is 2. The molecule has 88 valence electrons. The fraction of sp³-hybridized carbons (Fsp3) is 0.0714. The zero-order valence-corrected chi connectivity index (χ0v) is 10.4. The molecule has 0 bridgehead atoms. The van der Waals surface area contributed by atoms with E-state index in [2.05, 4.69) is 36.3 Å². The molecule has 0 aliphatic carbocycles. The normalized spacial score (nSPS) is 10.7. The number of aryl methyl sites for hydroxylation is 1. The maximum Gasteiger partial charge on any atom is 0.322 e. The summed E-state index contributed by atoms with van der Waals surface area (Å²) in [5.74, 6) is 0.807. The summed E-state index contributed by atoms with van der Waals surface area (Å²) in [5.41, 5.74) is 4.64. The largest absolute Gasteiger partial charge is 0.567 e. The van der Waals surface area contributed by atoms with Crippen LogP contribution in [-0.2, 0) is 0 Å². The average Bonchev–Trinajstić information content (AvgIpc) is 2.86. The number of hydrogen-bond donors (Lipinski definition) is 0. The molecule has 3 rings (SSSR count). The van der Waals surface area contributed by atoms with Crippen LogP contribution in [0.4, 0.5) is 0 Å². The molecule has 4 heteroatoms. The van der Waals surface area contributed by atoms with Crippen molar-refractivity contribution >= 4 is 13.6 Å². The van der Waals surface area contributed by atoms with E-state index in [1.54, 1.807) is 14.2 Å². The molecule has 18 heavy (non-hydrogen) atoms. The van der Waals surface area contributed by atoms with Crippen molar-refractivity contribution in [1.82, 2.24) is 9.61 Å². The van der Waals surface area contributed by atoms with Crippen LogP contribution in [0.5, 0.6) is 5.75 Å². The highest BCUT2D eigenvalue weighted by molar-refractivity contribution is 6.00. The first-order chi connectivity index (χ1) is 8.78. The van der Waals surface area contributed by atoms with E-state index in [0.717, 1.165) is 16.8 Å². The molecular formula is C14H13BN2O. The van der Waals surface area contributed by atoms with Gasteiger partial charge in [0.1, 0.15) is 5.75 Å². The quantitative estimate of drug-likeness (QED) is 0.638. The van der Waals surface area contributed by atoms with Gasteiger partial charge < -0.3 is 4.65 Å². The van der Waals surface area contributed by atoms with Crippen LogP contribution < -0.4 is 4.65 Å². The van der Waals surface area contributed by atoms with Crippen LogP contribution in [0.3, 0.4) is 0 Å². The molecule has 0 saturated heterocycles. The number of benzene rings is 1. The minimum atomic E-state index is 0.807. The molecule has 0 aliphatic heterocycles. The van der Waals surface area contributed by atoms with Crippen molar-refractivity contribution in [3.63, 3.8) is 0 Å². The molecule has 0 N–H and O–H groups in total. The van der Waals surface area contributed by atoms with Gasteiger partial charge in [-0.2, -0.15) is 5.10 Å². The zero-order valence-electron chi connectivity index (χ0n) is 10.4. The molecule has 0 atom stereocenters. The van der Waals surface area contributed by atoms with Gasteiger partial charge in [-0.15, -0.1) is 0 Å². The number of hydrogen-bond acceptors (Lipinski definition) is 2. The standard InChI is InChI=1S/C14H13BN2O/c1-10-2-4-11(5-3-10)13-8-12(18-15)9-17-14(13)6-7-16-17/h2-9H,15H2,1H3. The minimum absolute atomic E-state index is 0.807. The van der Waals surface area contributed by atoms with Crippen LogP contribution in [0.15, 0.2) is 48.8 Å². The predicted molar refractivity (Wildman–Crippen MR) is 74.5 cm³/mol. The molecule has 3 aromatic rings. The Morgan fingerprint density at radius 2 is 1.94 bits per heavy atom. The Hall–Kier alpha value is -2.23. The number of rotatable bonds is 2. The Morgan fingerprint density at radius 3 is 2.67 bits per heavy atom. The van der Waals surface area contributed by atoms with E-state index in [4.69, 9.17) is 4.65 Å². The summed E-state index contributed by atoms with van der Waals surface area (Å²) in [4.78, 5) is 0. The van der Waals surface area contributed by atoms with Crippen LogP contribution in [0.1, 0.15) is 5.56 Å². The maximum atomic E-state index is 5.32. The monoisotopic (exact) mass is 236 g/mol. The summed E-state index contributed by atoms with van der Waals surface area (Å²) in [7, 11) is 1.67. The van der Waals surface area contributed by atoms with Gasteiger partial charge in [0.05, 0.1) is 17.9 Å². The molecule has 2 heterocycles. The van der Waals surface area contributed by atoms with Crippen LogP contribution in [0, 0.1) is 6.92 Å². The Labute approximate surface area is 106 Å². The van der Waals surface area contributed by atoms with Gasteiger partial charge in [0.15, 0.2) is 0 Å². The van der Waals surface area contributed by atoms with Gasteiger partial charge in [0, 0.05) is 5.56 Å². The third-order valence-electron chi connectivity index (χ3n) is 3.08. The van der Waals surface area contributed by atoms with Gasteiger partial charge in [-0.25, -0.2) is 4.52 Å². The highest BCUT2D eigenvalue weighted by Crippen LogP contribution is 2.28. The zero-order chi connectivity index (χ0) is 12.5. The molecule has 0 radical (unpaired) electrons. The van der Waals surface area contributed by atoms with E-state index in [9.17, 15) is 0 Å². The van der Waals surface area contributed by atoms with Gasteiger partial charge >= 0.3 is 8.05 Å².